The van der Waals surface area contributed by atoms with Crippen LogP contribution in [0.25, 0.3) is 6.08 Å². The number of carbonyl (C=O) groups excluding carboxylic acids is 3. The zero-order valence-corrected chi connectivity index (χ0v) is 17.0. The Morgan fingerprint density at radius 1 is 1.26 bits per heavy atom. The third-order valence-corrected chi connectivity index (χ3v) is 4.29. The van der Waals surface area contributed by atoms with Gasteiger partial charge in [-0.1, -0.05) is 22.0 Å². The molecule has 2 atom stereocenters. The van der Waals surface area contributed by atoms with Crippen LogP contribution in [0.1, 0.15) is 50.2 Å². The van der Waals surface area contributed by atoms with E-state index in [9.17, 15) is 19.2 Å². The molecule has 0 aromatic carbocycles. The van der Waals surface area contributed by atoms with Crippen LogP contribution in [0.15, 0.2) is 10.9 Å². The fourth-order valence-corrected chi connectivity index (χ4v) is 2.67. The van der Waals surface area contributed by atoms with E-state index < -0.39 is 51.4 Å². The van der Waals surface area contributed by atoms with Gasteiger partial charge in [-0.3, -0.25) is 19.0 Å². The Morgan fingerprint density at radius 3 is 2.41 bits per heavy atom. The average molecular weight is 443 g/mol. The summed E-state index contributed by atoms with van der Waals surface area (Å²) >= 11 is 3.30. The van der Waals surface area contributed by atoms with Crippen LogP contribution in [-0.4, -0.2) is 39.4 Å². The minimum atomic E-state index is -1.07. The number of rotatable bonds is 3. The van der Waals surface area contributed by atoms with Crippen LogP contribution in [0.4, 0.5) is 0 Å². The van der Waals surface area contributed by atoms with Crippen molar-refractivity contribution in [3.05, 3.63) is 27.9 Å². The number of ether oxygens (including phenoxy) is 3. The van der Waals surface area contributed by atoms with Crippen LogP contribution in [0, 0.1) is 5.41 Å². The zero-order chi connectivity index (χ0) is 20.5. The van der Waals surface area contributed by atoms with Gasteiger partial charge < -0.3 is 14.2 Å². The Balaban J connectivity index is 2.71. The SMILES string of the molecule is COC(=O)c1nc2n(c(=O)c1OC(=O)C(C)(C)C)C(OC(C)=O)C(Br)C=C2. The summed E-state index contributed by atoms with van der Waals surface area (Å²) in [5.41, 5.74) is -2.23. The number of carbonyl (C=O) groups is 3. The van der Waals surface area contributed by atoms with Gasteiger partial charge in [-0.05, 0) is 26.8 Å². The van der Waals surface area contributed by atoms with E-state index >= 15 is 0 Å². The molecule has 0 amide bonds. The molecular weight excluding hydrogens is 424 g/mol. The highest BCUT2D eigenvalue weighted by Gasteiger charge is 2.35. The van der Waals surface area contributed by atoms with E-state index in [-0.39, 0.29) is 5.82 Å². The van der Waals surface area contributed by atoms with Crippen LogP contribution < -0.4 is 10.3 Å². The van der Waals surface area contributed by atoms with Crippen molar-refractivity contribution in [3.63, 3.8) is 0 Å². The molecular formula is C17H19BrN2O7. The Bertz CT molecular complexity index is 882. The van der Waals surface area contributed by atoms with E-state index in [0.717, 1.165) is 11.7 Å². The van der Waals surface area contributed by atoms with Gasteiger partial charge in [-0.2, -0.15) is 0 Å². The van der Waals surface area contributed by atoms with Crippen molar-refractivity contribution in [1.29, 1.82) is 0 Å². The third kappa shape index (κ3) is 4.26. The first kappa shape index (κ1) is 20.8. The van der Waals surface area contributed by atoms with Crippen molar-refractivity contribution in [3.8, 4) is 5.75 Å². The third-order valence-electron chi connectivity index (χ3n) is 3.53. The normalized spacial score (nSPS) is 18.4. The summed E-state index contributed by atoms with van der Waals surface area (Å²) < 4.78 is 16.1. The second-order valence-electron chi connectivity index (χ2n) is 6.76. The maximum absolute atomic E-state index is 13.0. The molecule has 27 heavy (non-hydrogen) atoms. The standard InChI is InChI=1S/C17H19BrN2O7/c1-8(21)26-14-9(18)6-7-10-19-11(15(23)25-5)12(13(22)20(10)14)27-16(24)17(2,3)4/h6-7,9,14H,1-5H3. The Kier molecular flexibility index (Phi) is 5.88. The van der Waals surface area contributed by atoms with Crippen molar-refractivity contribution in [2.24, 2.45) is 5.41 Å². The molecule has 0 saturated carbocycles. The van der Waals surface area contributed by atoms with Gasteiger partial charge in [-0.15, -0.1) is 0 Å². The number of hydrogen-bond donors (Lipinski definition) is 0. The monoisotopic (exact) mass is 442 g/mol. The van der Waals surface area contributed by atoms with Gasteiger partial charge in [0.15, 0.2) is 11.9 Å². The first-order valence-electron chi connectivity index (χ1n) is 7.94. The molecule has 0 radical (unpaired) electrons. The lowest BCUT2D eigenvalue weighted by atomic mass is 9.97. The summed E-state index contributed by atoms with van der Waals surface area (Å²) in [5, 5.41) is 0. The predicted molar refractivity (Wildman–Crippen MR) is 97.5 cm³/mol. The van der Waals surface area contributed by atoms with Gasteiger partial charge in [-0.25, -0.2) is 9.78 Å². The van der Waals surface area contributed by atoms with E-state index in [1.165, 1.54) is 13.0 Å². The topological polar surface area (TPSA) is 114 Å². The number of fused-ring (bicyclic) bond motifs is 1. The summed E-state index contributed by atoms with van der Waals surface area (Å²) in [6.45, 7) is 5.97. The first-order valence-corrected chi connectivity index (χ1v) is 8.85. The number of methoxy groups -OCH3 is 1. The van der Waals surface area contributed by atoms with Gasteiger partial charge in [0.05, 0.1) is 17.4 Å². The molecule has 0 spiro atoms. The summed E-state index contributed by atoms with van der Waals surface area (Å²) in [7, 11) is 1.11. The van der Waals surface area contributed by atoms with E-state index in [1.807, 2.05) is 0 Å². The molecule has 0 fully saturated rings. The summed E-state index contributed by atoms with van der Waals surface area (Å²) in [5.74, 6) is -2.83. The lowest BCUT2D eigenvalue weighted by Crippen LogP contribution is -2.39. The van der Waals surface area contributed by atoms with Crippen LogP contribution in [0.5, 0.6) is 5.75 Å². The maximum Gasteiger partial charge on any atom is 0.360 e. The van der Waals surface area contributed by atoms with Crippen LogP contribution in [0.3, 0.4) is 0 Å². The van der Waals surface area contributed by atoms with E-state index in [1.54, 1.807) is 26.8 Å². The number of nitrogens with zero attached hydrogens (tertiary/aromatic N) is 2. The number of halogens is 1. The van der Waals surface area contributed by atoms with Gasteiger partial charge >= 0.3 is 23.5 Å². The highest BCUT2D eigenvalue weighted by atomic mass is 79.9. The van der Waals surface area contributed by atoms with Crippen LogP contribution in [-0.2, 0) is 19.1 Å². The van der Waals surface area contributed by atoms with Crippen molar-refractivity contribution < 1.29 is 28.6 Å². The second kappa shape index (κ2) is 7.63. The quantitative estimate of drug-likeness (QED) is 0.514. The van der Waals surface area contributed by atoms with Gasteiger partial charge in [0, 0.05) is 6.92 Å². The second-order valence-corrected chi connectivity index (χ2v) is 7.81. The summed E-state index contributed by atoms with van der Waals surface area (Å²) in [6, 6.07) is 0. The molecule has 10 heteroatoms. The molecule has 146 valence electrons. The number of alkyl halides is 1. The lowest BCUT2D eigenvalue weighted by Gasteiger charge is -2.28. The van der Waals surface area contributed by atoms with Crippen LogP contribution >= 0.6 is 15.9 Å². The fourth-order valence-electron chi connectivity index (χ4n) is 2.17. The van der Waals surface area contributed by atoms with Gasteiger partial charge in [0.25, 0.3) is 0 Å². The summed E-state index contributed by atoms with van der Waals surface area (Å²) in [4.78, 5) is 52.4. The lowest BCUT2D eigenvalue weighted by molar-refractivity contribution is -0.151. The Morgan fingerprint density at radius 2 is 1.89 bits per heavy atom. The van der Waals surface area contributed by atoms with Crippen LogP contribution in [0.2, 0.25) is 0 Å². The molecule has 2 rings (SSSR count). The minimum absolute atomic E-state index is 0.0536. The maximum atomic E-state index is 13.0. The first-order chi connectivity index (χ1) is 12.5. The van der Waals surface area contributed by atoms with E-state index in [4.69, 9.17) is 9.47 Å². The molecule has 1 aromatic rings. The minimum Gasteiger partial charge on any atom is -0.464 e. The van der Waals surface area contributed by atoms with Crippen molar-refractivity contribution in [2.75, 3.05) is 7.11 Å². The van der Waals surface area contributed by atoms with Crippen molar-refractivity contribution >= 4 is 39.9 Å². The smallest absolute Gasteiger partial charge is 0.360 e. The van der Waals surface area contributed by atoms with Crippen molar-refractivity contribution in [1.82, 2.24) is 9.55 Å². The van der Waals surface area contributed by atoms with E-state index in [2.05, 4.69) is 25.7 Å². The number of esters is 3. The molecule has 0 aliphatic carbocycles. The molecule has 0 N–H and O–H groups in total. The Hall–Kier alpha value is -2.49. The predicted octanol–water partition coefficient (Wildman–Crippen LogP) is 1.83. The molecule has 1 aliphatic rings. The molecule has 1 aromatic heterocycles. The van der Waals surface area contributed by atoms with E-state index in [0.29, 0.717) is 0 Å². The molecule has 2 heterocycles. The highest BCUT2D eigenvalue weighted by Crippen LogP contribution is 2.29. The molecule has 1 aliphatic heterocycles. The van der Waals surface area contributed by atoms with Gasteiger partial charge in [0.1, 0.15) is 5.82 Å². The Labute approximate surface area is 163 Å². The molecule has 9 nitrogen and oxygen atoms in total. The van der Waals surface area contributed by atoms with Gasteiger partial charge in [0.2, 0.25) is 5.75 Å². The molecule has 2 unspecified atom stereocenters. The number of aromatic nitrogens is 2. The highest BCUT2D eigenvalue weighted by molar-refractivity contribution is 9.09. The summed E-state index contributed by atoms with van der Waals surface area (Å²) in [6.07, 6.45) is 2.01. The zero-order valence-electron chi connectivity index (χ0n) is 15.4. The average Bonchev–Trinajstić information content (AvgIpc) is 2.57. The number of hydrogen-bond acceptors (Lipinski definition) is 8. The molecule has 0 saturated heterocycles. The molecule has 0 bridgehead atoms. The largest absolute Gasteiger partial charge is 0.464 e. The fraction of sp³-hybridized carbons (Fsp3) is 0.471. The van der Waals surface area contributed by atoms with Crippen molar-refractivity contribution in [2.45, 2.75) is 38.8 Å².